The van der Waals surface area contributed by atoms with Gasteiger partial charge in [-0.3, -0.25) is 14.4 Å². The van der Waals surface area contributed by atoms with Gasteiger partial charge in [-0.2, -0.15) is 0 Å². The number of nitrogens with zero attached hydrogens (tertiary/aromatic N) is 1. The summed E-state index contributed by atoms with van der Waals surface area (Å²) in [5.41, 5.74) is 3.42. The van der Waals surface area contributed by atoms with Gasteiger partial charge < -0.3 is 15.0 Å². The Labute approximate surface area is 242 Å². The number of ketones is 1. The molecule has 4 atom stereocenters. The lowest BCUT2D eigenvalue weighted by Gasteiger charge is -2.29. The number of benzene rings is 2. The van der Waals surface area contributed by atoms with E-state index in [4.69, 9.17) is 4.74 Å². The number of hydrogen-bond acceptors (Lipinski definition) is 6. The highest BCUT2D eigenvalue weighted by atomic mass is 32.1. The number of amides is 2. The van der Waals surface area contributed by atoms with Gasteiger partial charge in [-0.1, -0.05) is 42.5 Å². The molecule has 1 saturated heterocycles. The molecule has 1 aliphatic heterocycles. The normalized spacial score (nSPS) is 20.4. The van der Waals surface area contributed by atoms with Crippen LogP contribution in [-0.4, -0.2) is 35.6 Å². The number of ether oxygens (including phenoxy) is 1. The molecule has 0 spiro atoms. The van der Waals surface area contributed by atoms with E-state index in [1.165, 1.54) is 29.6 Å². The van der Waals surface area contributed by atoms with Crippen molar-refractivity contribution in [3.63, 3.8) is 0 Å². The maximum atomic E-state index is 14.5. The summed E-state index contributed by atoms with van der Waals surface area (Å²) in [6, 6.07) is 19.5. The molecule has 1 fully saturated rings. The Bertz CT molecular complexity index is 1510. The third-order valence-electron chi connectivity index (χ3n) is 7.68. The minimum Gasteiger partial charge on any atom is -0.497 e. The smallest absolute Gasteiger partial charge is 0.243 e. The Morgan fingerprint density at radius 1 is 0.900 bits per heavy atom. The van der Waals surface area contributed by atoms with Crippen molar-refractivity contribution in [3.8, 4) is 5.75 Å². The molecule has 0 radical (unpaired) electrons. The van der Waals surface area contributed by atoms with Gasteiger partial charge in [0.1, 0.15) is 11.8 Å². The molecule has 2 amide bonds. The highest BCUT2D eigenvalue weighted by Crippen LogP contribution is 2.53. The van der Waals surface area contributed by atoms with Gasteiger partial charge in [0.25, 0.3) is 0 Å². The van der Waals surface area contributed by atoms with Gasteiger partial charge in [0, 0.05) is 34.7 Å². The van der Waals surface area contributed by atoms with E-state index in [1.807, 2.05) is 91.3 Å². The molecule has 2 aromatic carbocycles. The van der Waals surface area contributed by atoms with Crippen molar-refractivity contribution in [2.45, 2.75) is 45.3 Å². The minimum absolute atomic E-state index is 0.0500. The van der Waals surface area contributed by atoms with Crippen LogP contribution >= 0.6 is 22.7 Å². The van der Waals surface area contributed by atoms with Crippen molar-refractivity contribution in [3.05, 3.63) is 109 Å². The topological polar surface area (TPSA) is 75.7 Å². The molecule has 1 N–H and O–H groups in total. The predicted octanol–water partition coefficient (Wildman–Crippen LogP) is 6.31. The van der Waals surface area contributed by atoms with Crippen LogP contribution in [0.25, 0.3) is 0 Å². The molecule has 0 bridgehead atoms. The zero-order valence-electron chi connectivity index (χ0n) is 22.9. The van der Waals surface area contributed by atoms with Crippen molar-refractivity contribution in [1.29, 1.82) is 0 Å². The molecule has 40 heavy (non-hydrogen) atoms. The summed E-state index contributed by atoms with van der Waals surface area (Å²) in [7, 11) is 1.61. The molecule has 8 heteroatoms. The van der Waals surface area contributed by atoms with E-state index in [-0.39, 0.29) is 17.6 Å². The Balaban J connectivity index is 1.62. The Hall–Kier alpha value is -3.75. The zero-order chi connectivity index (χ0) is 28.4. The SMILES string of the molecule is COc1ccc(CNC(=O)C2C(c3sccc3C)C(C(=O)c3ccccc3C)C(c3cccs3)N2C(C)=O)cc1. The van der Waals surface area contributed by atoms with Gasteiger partial charge in [0.15, 0.2) is 5.78 Å². The van der Waals surface area contributed by atoms with E-state index in [2.05, 4.69) is 5.32 Å². The van der Waals surface area contributed by atoms with Gasteiger partial charge in [-0.15, -0.1) is 22.7 Å². The highest BCUT2D eigenvalue weighted by molar-refractivity contribution is 7.10. The average molecular weight is 573 g/mol. The molecule has 6 nitrogen and oxygen atoms in total. The number of carbonyl (C=O) groups excluding carboxylic acids is 3. The number of methoxy groups -OCH3 is 1. The van der Waals surface area contributed by atoms with Crippen molar-refractivity contribution in [2.24, 2.45) is 5.92 Å². The monoisotopic (exact) mass is 572 g/mol. The Morgan fingerprint density at radius 2 is 1.65 bits per heavy atom. The minimum atomic E-state index is -0.849. The lowest BCUT2D eigenvalue weighted by Crippen LogP contribution is -2.47. The third-order valence-corrected chi connectivity index (χ3v) is 9.74. The summed E-state index contributed by atoms with van der Waals surface area (Å²) in [6.07, 6.45) is 0. The number of carbonyl (C=O) groups is 3. The first-order valence-electron chi connectivity index (χ1n) is 13.2. The van der Waals surface area contributed by atoms with Crippen LogP contribution in [0.3, 0.4) is 0 Å². The van der Waals surface area contributed by atoms with Crippen LogP contribution in [0.1, 0.15) is 55.7 Å². The van der Waals surface area contributed by atoms with Crippen LogP contribution in [-0.2, 0) is 16.1 Å². The van der Waals surface area contributed by atoms with Crippen LogP contribution < -0.4 is 10.1 Å². The predicted molar refractivity (Wildman–Crippen MR) is 159 cm³/mol. The quantitative estimate of drug-likeness (QED) is 0.251. The van der Waals surface area contributed by atoms with E-state index >= 15 is 0 Å². The number of Topliss-reactive ketones (excluding diaryl/α,β-unsaturated/α-hetero) is 1. The zero-order valence-corrected chi connectivity index (χ0v) is 24.6. The molecule has 2 aromatic heterocycles. The fourth-order valence-electron chi connectivity index (χ4n) is 5.77. The summed E-state index contributed by atoms with van der Waals surface area (Å²) in [5.74, 6) is -0.950. The maximum Gasteiger partial charge on any atom is 0.243 e. The molecular formula is C32H32N2O4S2. The van der Waals surface area contributed by atoms with E-state index < -0.39 is 23.9 Å². The van der Waals surface area contributed by atoms with Crippen molar-refractivity contribution in [1.82, 2.24) is 10.2 Å². The molecule has 0 aliphatic carbocycles. The summed E-state index contributed by atoms with van der Waals surface area (Å²) in [4.78, 5) is 45.5. The molecular weight excluding hydrogens is 540 g/mol. The van der Waals surface area contributed by atoms with Gasteiger partial charge in [-0.05, 0) is 65.6 Å². The summed E-state index contributed by atoms with van der Waals surface area (Å²) >= 11 is 3.05. The largest absolute Gasteiger partial charge is 0.497 e. The second-order valence-electron chi connectivity index (χ2n) is 10.1. The molecule has 4 unspecified atom stereocenters. The van der Waals surface area contributed by atoms with Gasteiger partial charge in [0.2, 0.25) is 11.8 Å². The van der Waals surface area contributed by atoms with E-state index in [0.29, 0.717) is 12.1 Å². The van der Waals surface area contributed by atoms with Gasteiger partial charge in [-0.25, -0.2) is 0 Å². The second-order valence-corrected chi connectivity index (χ2v) is 12.0. The lowest BCUT2D eigenvalue weighted by atomic mass is 9.78. The number of likely N-dealkylation sites (tertiary alicyclic amines) is 1. The van der Waals surface area contributed by atoms with Crippen LogP contribution in [0.5, 0.6) is 5.75 Å². The molecule has 4 aromatic rings. The number of nitrogens with one attached hydrogen (secondary N) is 1. The number of rotatable bonds is 8. The maximum absolute atomic E-state index is 14.5. The molecule has 3 heterocycles. The van der Waals surface area contributed by atoms with Crippen LogP contribution in [0.4, 0.5) is 0 Å². The van der Waals surface area contributed by atoms with Gasteiger partial charge in [0.05, 0.1) is 19.1 Å². The van der Waals surface area contributed by atoms with Crippen molar-refractivity contribution < 1.29 is 19.1 Å². The third kappa shape index (κ3) is 5.21. The van der Waals surface area contributed by atoms with Gasteiger partial charge >= 0.3 is 0 Å². The fourth-order valence-corrected chi connectivity index (χ4v) is 7.75. The summed E-state index contributed by atoms with van der Waals surface area (Å²) in [6.45, 7) is 5.71. The van der Waals surface area contributed by atoms with E-state index in [1.54, 1.807) is 12.0 Å². The standard InChI is InChI=1S/C32H32N2O4S2/c1-19-8-5-6-9-24(19)30(36)26-27(31-20(2)15-17-40-31)29(34(21(3)35)28(26)25-10-7-16-39-25)32(37)33-18-22-11-13-23(38-4)14-12-22/h5-17,26-29H,18H2,1-4H3,(H,33,37). The van der Waals surface area contributed by atoms with Crippen LogP contribution in [0, 0.1) is 19.8 Å². The summed E-state index contributed by atoms with van der Waals surface area (Å²) < 4.78 is 5.25. The summed E-state index contributed by atoms with van der Waals surface area (Å²) in [5, 5.41) is 7.01. The molecule has 1 aliphatic rings. The average Bonchev–Trinajstić information content (AvgIpc) is 3.70. The molecule has 206 valence electrons. The molecule has 0 saturated carbocycles. The van der Waals surface area contributed by atoms with Crippen molar-refractivity contribution >= 4 is 40.3 Å². The fraction of sp³-hybridized carbons (Fsp3) is 0.281. The van der Waals surface area contributed by atoms with E-state index in [0.717, 1.165) is 32.2 Å². The lowest BCUT2D eigenvalue weighted by molar-refractivity contribution is -0.139. The number of thiophene rings is 2. The number of aryl methyl sites for hydroxylation is 2. The Morgan fingerprint density at radius 3 is 2.25 bits per heavy atom. The molecule has 5 rings (SSSR count). The highest BCUT2D eigenvalue weighted by Gasteiger charge is 2.57. The van der Waals surface area contributed by atoms with E-state index in [9.17, 15) is 14.4 Å². The first-order valence-corrected chi connectivity index (χ1v) is 14.9. The Kier molecular flexibility index (Phi) is 8.19. The second kappa shape index (κ2) is 11.8. The first-order chi connectivity index (χ1) is 19.3. The van der Waals surface area contributed by atoms with Crippen LogP contribution in [0.15, 0.2) is 77.5 Å². The van der Waals surface area contributed by atoms with Crippen LogP contribution in [0.2, 0.25) is 0 Å². The van der Waals surface area contributed by atoms with Crippen molar-refractivity contribution in [2.75, 3.05) is 7.11 Å². The number of hydrogen-bond donors (Lipinski definition) is 1. The first kappa shape index (κ1) is 27.8.